The predicted molar refractivity (Wildman–Crippen MR) is 248 cm³/mol. The van der Waals surface area contributed by atoms with Gasteiger partial charge < -0.3 is 10.4 Å². The Morgan fingerprint density at radius 1 is 0.491 bits per heavy atom. The van der Waals surface area contributed by atoms with Crippen molar-refractivity contribution in [3.63, 3.8) is 0 Å². The van der Waals surface area contributed by atoms with E-state index in [2.05, 4.69) is 110 Å². The number of aliphatic hydroxyl groups excluding tert-OH is 1. The molecule has 0 aliphatic rings. The molecule has 2 atom stereocenters. The van der Waals surface area contributed by atoms with Crippen molar-refractivity contribution in [1.29, 1.82) is 0 Å². The quantitative estimate of drug-likeness (QED) is 0.0326. The molecule has 57 heavy (non-hydrogen) atoms. The summed E-state index contributed by atoms with van der Waals surface area (Å²) in [6.45, 7) is 4.41. The van der Waals surface area contributed by atoms with E-state index >= 15 is 0 Å². The average molecular weight is 810 g/mol. The van der Waals surface area contributed by atoms with Crippen LogP contribution in [0.4, 0.5) is 0 Å². The molecule has 0 radical (unpaired) electrons. The second-order valence-corrected chi connectivity index (χ2v) is 16.4. The van der Waals surface area contributed by atoms with Crippen molar-refractivity contribution in [2.45, 2.75) is 193 Å². The molecular weight excluding hydrogens is 727 g/mol. The molecule has 0 bridgehead atoms. The highest BCUT2D eigenvalue weighted by atomic mass is 32.2. The number of allylic oxidation sites excluding steroid dienone is 17. The van der Waals surface area contributed by atoms with Crippen molar-refractivity contribution in [2.75, 3.05) is 5.75 Å². The Morgan fingerprint density at radius 3 is 1.32 bits per heavy atom. The molecular formula is C50H83NO5S. The van der Waals surface area contributed by atoms with Crippen LogP contribution in [0.5, 0.6) is 0 Å². The second kappa shape index (κ2) is 42.6. The van der Waals surface area contributed by atoms with Crippen molar-refractivity contribution in [2.24, 2.45) is 0 Å². The lowest BCUT2D eigenvalue weighted by molar-refractivity contribution is -0.122. The summed E-state index contributed by atoms with van der Waals surface area (Å²) in [7, 11) is -4.38. The van der Waals surface area contributed by atoms with Gasteiger partial charge in [-0.25, -0.2) is 0 Å². The van der Waals surface area contributed by atoms with Crippen molar-refractivity contribution >= 4 is 16.0 Å². The fourth-order valence-corrected chi connectivity index (χ4v) is 6.83. The van der Waals surface area contributed by atoms with Crippen LogP contribution in [0.2, 0.25) is 0 Å². The Kier molecular flexibility index (Phi) is 40.4. The molecule has 0 aliphatic heterocycles. The largest absolute Gasteiger partial charge is 0.387 e. The Balaban J connectivity index is 4.08. The van der Waals surface area contributed by atoms with Crippen LogP contribution >= 0.6 is 0 Å². The molecule has 0 aromatic carbocycles. The molecule has 3 N–H and O–H groups in total. The van der Waals surface area contributed by atoms with Crippen LogP contribution in [-0.4, -0.2) is 41.9 Å². The monoisotopic (exact) mass is 810 g/mol. The number of hydrogen-bond acceptors (Lipinski definition) is 4. The van der Waals surface area contributed by atoms with E-state index < -0.39 is 28.0 Å². The third-order valence-corrected chi connectivity index (χ3v) is 10.2. The molecule has 0 fully saturated rings. The van der Waals surface area contributed by atoms with Gasteiger partial charge in [-0.3, -0.25) is 9.35 Å². The van der Waals surface area contributed by atoms with E-state index in [0.717, 1.165) is 57.8 Å². The van der Waals surface area contributed by atoms with Gasteiger partial charge in [-0.2, -0.15) is 8.42 Å². The van der Waals surface area contributed by atoms with Gasteiger partial charge in [0.25, 0.3) is 10.1 Å². The fraction of sp³-hybridized carbons (Fsp3) is 0.620. The zero-order chi connectivity index (χ0) is 41.8. The normalized spacial score (nSPS) is 14.2. The van der Waals surface area contributed by atoms with Crippen molar-refractivity contribution in [3.05, 3.63) is 109 Å². The molecule has 0 saturated heterocycles. The van der Waals surface area contributed by atoms with E-state index in [-0.39, 0.29) is 12.3 Å². The molecule has 324 valence electrons. The molecule has 0 rings (SSSR count). The first-order valence-corrected chi connectivity index (χ1v) is 24.2. The molecule has 2 unspecified atom stereocenters. The number of aliphatic hydroxyl groups is 1. The van der Waals surface area contributed by atoms with Gasteiger partial charge in [-0.15, -0.1) is 0 Å². The van der Waals surface area contributed by atoms with Gasteiger partial charge in [-0.05, 0) is 83.5 Å². The molecule has 7 heteroatoms. The van der Waals surface area contributed by atoms with E-state index in [4.69, 9.17) is 0 Å². The number of unbranched alkanes of at least 4 members (excludes halogenated alkanes) is 15. The highest BCUT2D eigenvalue weighted by Crippen LogP contribution is 2.13. The second-order valence-electron chi connectivity index (χ2n) is 14.9. The first-order chi connectivity index (χ1) is 27.8. The van der Waals surface area contributed by atoms with Crippen molar-refractivity contribution in [3.8, 4) is 0 Å². The van der Waals surface area contributed by atoms with Gasteiger partial charge in [0.2, 0.25) is 5.91 Å². The zero-order valence-corrected chi connectivity index (χ0v) is 37.0. The summed E-state index contributed by atoms with van der Waals surface area (Å²) < 4.78 is 32.6. The minimum absolute atomic E-state index is 0.201. The summed E-state index contributed by atoms with van der Waals surface area (Å²) in [4.78, 5) is 12.5. The van der Waals surface area contributed by atoms with Crippen LogP contribution in [0.3, 0.4) is 0 Å². The third kappa shape index (κ3) is 44.0. The Morgan fingerprint density at radius 2 is 0.860 bits per heavy atom. The SMILES string of the molecule is CC/C=C\C/C=C\C/C=C\C/C=C\C/C=C\C/C=C\C/C=C\CCCC(=O)NC(CS(=O)(=O)O)C(O)/C=C/CC/C=C/CCCCCCCCCCCCCCC. The van der Waals surface area contributed by atoms with Crippen molar-refractivity contribution < 1.29 is 22.9 Å². The molecule has 0 saturated carbocycles. The number of nitrogens with one attached hydrogen (secondary N) is 1. The summed E-state index contributed by atoms with van der Waals surface area (Å²) in [5, 5.41) is 13.2. The van der Waals surface area contributed by atoms with Gasteiger partial charge >= 0.3 is 0 Å². The predicted octanol–water partition coefficient (Wildman–Crippen LogP) is 13.9. The first-order valence-electron chi connectivity index (χ1n) is 22.6. The lowest BCUT2D eigenvalue weighted by Crippen LogP contribution is -2.46. The fourth-order valence-electron chi connectivity index (χ4n) is 6.10. The lowest BCUT2D eigenvalue weighted by Gasteiger charge is -2.21. The van der Waals surface area contributed by atoms with Gasteiger partial charge in [0.1, 0.15) is 0 Å². The maximum atomic E-state index is 12.5. The average Bonchev–Trinajstić information content (AvgIpc) is 3.18. The van der Waals surface area contributed by atoms with E-state index in [1.54, 1.807) is 6.08 Å². The topological polar surface area (TPSA) is 104 Å². The summed E-state index contributed by atoms with van der Waals surface area (Å²) >= 11 is 0. The molecule has 0 spiro atoms. The molecule has 6 nitrogen and oxygen atoms in total. The van der Waals surface area contributed by atoms with Crippen LogP contribution < -0.4 is 5.32 Å². The maximum absolute atomic E-state index is 12.5. The number of carbonyl (C=O) groups excluding carboxylic acids is 1. The minimum Gasteiger partial charge on any atom is -0.387 e. The first kappa shape index (κ1) is 54.0. The number of rotatable bonds is 39. The molecule has 0 aromatic heterocycles. The van der Waals surface area contributed by atoms with Crippen LogP contribution in [0, 0.1) is 0 Å². The number of hydrogen-bond donors (Lipinski definition) is 3. The summed E-state index contributed by atoms with van der Waals surface area (Å²) in [5.74, 6) is -1.09. The highest BCUT2D eigenvalue weighted by Gasteiger charge is 2.24. The molecule has 0 aliphatic carbocycles. The molecule has 0 aromatic rings. The number of amides is 1. The molecule has 1 amide bonds. The van der Waals surface area contributed by atoms with Crippen molar-refractivity contribution in [1.82, 2.24) is 5.32 Å². The zero-order valence-electron chi connectivity index (χ0n) is 36.2. The van der Waals surface area contributed by atoms with E-state index in [0.29, 0.717) is 19.3 Å². The summed E-state index contributed by atoms with van der Waals surface area (Å²) in [5.41, 5.74) is 0. The van der Waals surface area contributed by atoms with Crippen LogP contribution in [0.15, 0.2) is 109 Å². The van der Waals surface area contributed by atoms with E-state index in [1.165, 1.54) is 89.5 Å². The Bertz CT molecular complexity index is 1300. The number of carbonyl (C=O) groups is 1. The van der Waals surface area contributed by atoms with Gasteiger partial charge in [0.15, 0.2) is 0 Å². The van der Waals surface area contributed by atoms with Crippen LogP contribution in [0.1, 0.15) is 181 Å². The maximum Gasteiger partial charge on any atom is 0.267 e. The lowest BCUT2D eigenvalue weighted by atomic mass is 10.0. The highest BCUT2D eigenvalue weighted by molar-refractivity contribution is 7.85. The standard InChI is InChI=1S/C50H83NO5S/c1-3-5-7-9-11-13-15-17-19-21-23-24-25-26-28-30-32-34-36-38-40-42-44-46-50(53)51-48(47-57(54,55)56)49(52)45-43-41-39-37-35-33-31-29-27-22-20-18-16-14-12-10-8-6-4-2/h5,7,11,13,17,19,23-24,26,28,32,34-35,37-38,40,43,45,48-49,52H,3-4,6,8-10,12,14-16,18,20-22,25,27,29-31,33,36,39,41-42,44,46-47H2,1-2H3,(H,51,53)(H,54,55,56)/b7-5-,13-11-,19-17-,24-23-,28-26-,34-32-,37-35+,40-38-,45-43+. The van der Waals surface area contributed by atoms with Crippen LogP contribution in [-0.2, 0) is 14.9 Å². The third-order valence-electron chi connectivity index (χ3n) is 9.43. The van der Waals surface area contributed by atoms with Gasteiger partial charge in [0, 0.05) is 6.42 Å². The molecule has 0 heterocycles. The summed E-state index contributed by atoms with van der Waals surface area (Å²) in [6, 6.07) is -1.11. The van der Waals surface area contributed by atoms with Gasteiger partial charge in [0.05, 0.1) is 17.9 Å². The van der Waals surface area contributed by atoms with Gasteiger partial charge in [-0.1, -0.05) is 200 Å². The smallest absolute Gasteiger partial charge is 0.267 e. The van der Waals surface area contributed by atoms with Crippen LogP contribution in [0.25, 0.3) is 0 Å². The minimum atomic E-state index is -4.38. The Labute approximate surface area is 351 Å². The van der Waals surface area contributed by atoms with E-state index in [1.807, 2.05) is 6.08 Å². The Hall–Kier alpha value is -3.00. The summed E-state index contributed by atoms with van der Waals surface area (Å²) in [6.07, 6.45) is 65.1. The van der Waals surface area contributed by atoms with E-state index in [9.17, 15) is 22.9 Å².